The minimum Gasteiger partial charge on any atom is -0.374 e. The van der Waals surface area contributed by atoms with Gasteiger partial charge in [0.2, 0.25) is 0 Å². The van der Waals surface area contributed by atoms with E-state index in [1.54, 1.807) is 16.7 Å². The van der Waals surface area contributed by atoms with Crippen LogP contribution in [0.3, 0.4) is 0 Å². The lowest BCUT2D eigenvalue weighted by Gasteiger charge is -2.42. The number of aryl methyl sites for hydroxylation is 1. The number of benzene rings is 1. The number of hydrogen-bond donors (Lipinski definition) is 0. The van der Waals surface area contributed by atoms with Crippen molar-refractivity contribution in [2.75, 3.05) is 6.61 Å². The fraction of sp³-hybridized carbons (Fsp3) is 0.667. The van der Waals surface area contributed by atoms with E-state index in [9.17, 15) is 0 Å². The van der Waals surface area contributed by atoms with Crippen LogP contribution in [0.15, 0.2) is 30.9 Å². The van der Waals surface area contributed by atoms with Crippen molar-refractivity contribution in [1.82, 2.24) is 0 Å². The molecule has 0 saturated heterocycles. The highest BCUT2D eigenvalue weighted by atomic mass is 16.5. The Bertz CT molecular complexity index is 604. The lowest BCUT2D eigenvalue weighted by atomic mass is 9.65. The molecule has 5 atom stereocenters. The SMILES string of the molecule is C=CCOC1CCC2CC(c3ccc4c(c3)CCC(C)C4)CCC2C1. The Balaban J connectivity index is 1.39. The van der Waals surface area contributed by atoms with Crippen molar-refractivity contribution in [1.29, 1.82) is 0 Å². The van der Waals surface area contributed by atoms with Crippen molar-refractivity contribution < 1.29 is 4.74 Å². The molecular weight excluding hydrogens is 304 g/mol. The molecule has 1 nitrogen and oxygen atoms in total. The van der Waals surface area contributed by atoms with Crippen LogP contribution in [-0.2, 0) is 17.6 Å². The fourth-order valence-corrected chi connectivity index (χ4v) is 5.72. The van der Waals surface area contributed by atoms with Crippen molar-refractivity contribution in [3.8, 4) is 0 Å². The second-order valence-corrected chi connectivity index (χ2v) is 8.96. The van der Waals surface area contributed by atoms with Crippen LogP contribution < -0.4 is 0 Å². The van der Waals surface area contributed by atoms with E-state index in [2.05, 4.69) is 31.7 Å². The molecule has 0 N–H and O–H groups in total. The quantitative estimate of drug-likeness (QED) is 0.606. The molecule has 3 aliphatic carbocycles. The monoisotopic (exact) mass is 338 g/mol. The molecule has 1 aromatic carbocycles. The van der Waals surface area contributed by atoms with Crippen LogP contribution in [0.5, 0.6) is 0 Å². The lowest BCUT2D eigenvalue weighted by molar-refractivity contribution is -0.00310. The van der Waals surface area contributed by atoms with Crippen molar-refractivity contribution in [3.05, 3.63) is 47.5 Å². The van der Waals surface area contributed by atoms with Crippen LogP contribution in [0, 0.1) is 17.8 Å². The van der Waals surface area contributed by atoms with E-state index in [0.717, 1.165) is 30.3 Å². The molecule has 0 radical (unpaired) electrons. The Kier molecular flexibility index (Phi) is 5.31. The maximum atomic E-state index is 5.95. The molecule has 0 spiro atoms. The Morgan fingerprint density at radius 2 is 1.88 bits per heavy atom. The third-order valence-electron chi connectivity index (χ3n) is 7.19. The van der Waals surface area contributed by atoms with Crippen molar-refractivity contribution in [2.45, 2.75) is 76.7 Å². The Morgan fingerprint density at radius 3 is 2.76 bits per heavy atom. The van der Waals surface area contributed by atoms with Crippen LogP contribution in [-0.4, -0.2) is 12.7 Å². The van der Waals surface area contributed by atoms with E-state index < -0.39 is 0 Å². The van der Waals surface area contributed by atoms with Gasteiger partial charge in [-0.1, -0.05) is 31.2 Å². The molecule has 2 saturated carbocycles. The predicted molar refractivity (Wildman–Crippen MR) is 105 cm³/mol. The third-order valence-corrected chi connectivity index (χ3v) is 7.19. The molecule has 1 heteroatoms. The van der Waals surface area contributed by atoms with Gasteiger partial charge in [-0.05, 0) is 98.1 Å². The van der Waals surface area contributed by atoms with Gasteiger partial charge in [-0.15, -0.1) is 6.58 Å². The van der Waals surface area contributed by atoms with Crippen LogP contribution in [0.25, 0.3) is 0 Å². The van der Waals surface area contributed by atoms with Gasteiger partial charge in [-0.25, -0.2) is 0 Å². The zero-order chi connectivity index (χ0) is 17.2. The van der Waals surface area contributed by atoms with Gasteiger partial charge in [0.1, 0.15) is 0 Å². The van der Waals surface area contributed by atoms with E-state index >= 15 is 0 Å². The predicted octanol–water partition coefficient (Wildman–Crippen LogP) is 6.07. The molecular formula is C24H34O. The summed E-state index contributed by atoms with van der Waals surface area (Å²) in [5.74, 6) is 3.50. The molecule has 0 bridgehead atoms. The summed E-state index contributed by atoms with van der Waals surface area (Å²) >= 11 is 0. The van der Waals surface area contributed by atoms with E-state index in [0.29, 0.717) is 6.10 Å². The highest BCUT2D eigenvalue weighted by Gasteiger charge is 2.36. The highest BCUT2D eigenvalue weighted by Crippen LogP contribution is 2.47. The van der Waals surface area contributed by atoms with E-state index in [4.69, 9.17) is 4.74 Å². The molecule has 1 aromatic rings. The normalized spacial score (nSPS) is 34.8. The topological polar surface area (TPSA) is 9.23 Å². The average Bonchev–Trinajstić information content (AvgIpc) is 2.65. The molecule has 0 aromatic heterocycles. The number of ether oxygens (including phenoxy) is 1. The summed E-state index contributed by atoms with van der Waals surface area (Å²) in [7, 11) is 0. The van der Waals surface area contributed by atoms with Crippen LogP contribution in [0.2, 0.25) is 0 Å². The van der Waals surface area contributed by atoms with E-state index in [-0.39, 0.29) is 0 Å². The first kappa shape index (κ1) is 17.3. The molecule has 5 unspecified atom stereocenters. The molecule has 25 heavy (non-hydrogen) atoms. The standard InChI is InChI=1S/C24H34O/c1-3-12-25-24-11-10-22-15-21(8-9-23(22)16-24)20-7-6-18-13-17(2)4-5-19(18)14-20/h3,6-7,14,17,21-24H,1,4-5,8-13,15-16H2,2H3. The molecule has 2 fully saturated rings. The minimum atomic E-state index is 0.488. The fourth-order valence-electron chi connectivity index (χ4n) is 5.72. The number of fused-ring (bicyclic) bond motifs is 2. The average molecular weight is 339 g/mol. The molecule has 4 rings (SSSR count). The van der Waals surface area contributed by atoms with Crippen molar-refractivity contribution in [3.63, 3.8) is 0 Å². The summed E-state index contributed by atoms with van der Waals surface area (Å²) in [6, 6.07) is 7.48. The second kappa shape index (κ2) is 7.66. The largest absolute Gasteiger partial charge is 0.374 e. The first-order chi connectivity index (χ1) is 12.2. The Morgan fingerprint density at radius 1 is 1.04 bits per heavy atom. The van der Waals surface area contributed by atoms with Gasteiger partial charge in [-0.2, -0.15) is 0 Å². The zero-order valence-electron chi connectivity index (χ0n) is 15.9. The second-order valence-electron chi connectivity index (χ2n) is 8.96. The van der Waals surface area contributed by atoms with Crippen molar-refractivity contribution in [2.24, 2.45) is 17.8 Å². The molecule has 3 aliphatic rings. The van der Waals surface area contributed by atoms with Gasteiger partial charge < -0.3 is 4.74 Å². The van der Waals surface area contributed by atoms with Gasteiger partial charge in [-0.3, -0.25) is 0 Å². The maximum Gasteiger partial charge on any atom is 0.0648 e. The summed E-state index contributed by atoms with van der Waals surface area (Å²) < 4.78 is 5.95. The zero-order valence-corrected chi connectivity index (χ0v) is 15.9. The summed E-state index contributed by atoms with van der Waals surface area (Å²) in [6.45, 7) is 6.90. The lowest BCUT2D eigenvalue weighted by Crippen LogP contribution is -2.33. The van der Waals surface area contributed by atoms with Crippen molar-refractivity contribution >= 4 is 0 Å². The third kappa shape index (κ3) is 3.87. The molecule has 0 aliphatic heterocycles. The van der Waals surface area contributed by atoms with Gasteiger partial charge in [0.15, 0.2) is 0 Å². The van der Waals surface area contributed by atoms with Gasteiger partial charge in [0, 0.05) is 0 Å². The summed E-state index contributed by atoms with van der Waals surface area (Å²) in [6.07, 6.45) is 14.4. The number of rotatable bonds is 4. The summed E-state index contributed by atoms with van der Waals surface area (Å²) in [4.78, 5) is 0. The van der Waals surface area contributed by atoms with Crippen LogP contribution in [0.4, 0.5) is 0 Å². The minimum absolute atomic E-state index is 0.488. The maximum absolute atomic E-state index is 5.95. The molecule has 0 heterocycles. The summed E-state index contributed by atoms with van der Waals surface area (Å²) in [5.41, 5.74) is 4.91. The van der Waals surface area contributed by atoms with Gasteiger partial charge in [0.25, 0.3) is 0 Å². The first-order valence-corrected chi connectivity index (χ1v) is 10.6. The Hall–Kier alpha value is -1.08. The smallest absolute Gasteiger partial charge is 0.0648 e. The Labute approximate surface area is 153 Å². The van der Waals surface area contributed by atoms with E-state index in [1.807, 2.05) is 6.08 Å². The van der Waals surface area contributed by atoms with Crippen LogP contribution in [0.1, 0.15) is 74.5 Å². The summed E-state index contributed by atoms with van der Waals surface area (Å²) in [5, 5.41) is 0. The molecule has 136 valence electrons. The first-order valence-electron chi connectivity index (χ1n) is 10.6. The van der Waals surface area contributed by atoms with Gasteiger partial charge >= 0.3 is 0 Å². The van der Waals surface area contributed by atoms with E-state index in [1.165, 1.54) is 57.8 Å². The molecule has 0 amide bonds. The number of hydrogen-bond acceptors (Lipinski definition) is 1. The van der Waals surface area contributed by atoms with Crippen LogP contribution >= 0.6 is 0 Å². The van der Waals surface area contributed by atoms with Gasteiger partial charge in [0.05, 0.1) is 12.7 Å². The highest BCUT2D eigenvalue weighted by molar-refractivity contribution is 5.36.